The van der Waals surface area contributed by atoms with Crippen LogP contribution in [-0.2, 0) is 0 Å². The van der Waals surface area contributed by atoms with Crippen LogP contribution in [0.5, 0.6) is 0 Å². The van der Waals surface area contributed by atoms with Gasteiger partial charge in [0.25, 0.3) is 5.22 Å². The molecule has 2 heterocycles. The van der Waals surface area contributed by atoms with Crippen LogP contribution in [0, 0.1) is 11.3 Å². The molecule has 0 saturated carbocycles. The zero-order valence-electron chi connectivity index (χ0n) is 9.57. The third-order valence-electron chi connectivity index (χ3n) is 2.32. The molecule has 6 nitrogen and oxygen atoms in total. The van der Waals surface area contributed by atoms with Gasteiger partial charge in [-0.1, -0.05) is 0 Å². The van der Waals surface area contributed by atoms with Gasteiger partial charge in [-0.15, -0.1) is 0 Å². The maximum atomic E-state index is 8.77. The van der Waals surface area contributed by atoms with Gasteiger partial charge < -0.3 is 10.2 Å². The van der Waals surface area contributed by atoms with Gasteiger partial charge in [0, 0.05) is 29.7 Å². The molecule has 0 unspecified atom stereocenters. The van der Waals surface area contributed by atoms with Crippen molar-refractivity contribution < 1.29 is 4.42 Å². The van der Waals surface area contributed by atoms with Crippen LogP contribution in [-0.4, -0.2) is 15.0 Å². The summed E-state index contributed by atoms with van der Waals surface area (Å²) in [6.07, 6.45) is 1.52. The molecule has 92 valence electrons. The predicted molar refractivity (Wildman–Crippen MR) is 69.3 cm³/mol. The van der Waals surface area contributed by atoms with E-state index in [2.05, 4.69) is 15.0 Å². The number of nitriles is 1. The van der Waals surface area contributed by atoms with Crippen LogP contribution in [0.25, 0.3) is 11.1 Å². The second-order valence-electron chi connectivity index (χ2n) is 3.65. The van der Waals surface area contributed by atoms with Crippen molar-refractivity contribution in [1.82, 2.24) is 15.0 Å². The zero-order valence-corrected chi connectivity index (χ0v) is 10.4. The number of hydrogen-bond acceptors (Lipinski definition) is 7. The van der Waals surface area contributed by atoms with Crippen molar-refractivity contribution in [2.75, 3.05) is 5.73 Å². The molecule has 0 fully saturated rings. The Morgan fingerprint density at radius 2 is 2.16 bits per heavy atom. The van der Waals surface area contributed by atoms with E-state index in [-0.39, 0.29) is 0 Å². The van der Waals surface area contributed by atoms with Gasteiger partial charge >= 0.3 is 0 Å². The van der Waals surface area contributed by atoms with E-state index in [0.717, 1.165) is 11.8 Å². The van der Waals surface area contributed by atoms with E-state index in [4.69, 9.17) is 15.4 Å². The predicted octanol–water partition coefficient (Wildman–Crippen LogP) is 2.22. The van der Waals surface area contributed by atoms with Crippen molar-refractivity contribution in [3.63, 3.8) is 0 Å². The third kappa shape index (κ3) is 2.34. The van der Waals surface area contributed by atoms with E-state index in [9.17, 15) is 0 Å². The highest BCUT2D eigenvalue weighted by Crippen LogP contribution is 2.28. The lowest BCUT2D eigenvalue weighted by atomic mass is 10.3. The van der Waals surface area contributed by atoms with E-state index >= 15 is 0 Å². The zero-order chi connectivity index (χ0) is 13.2. The number of nitrogen functional groups attached to an aromatic ring is 1. The highest BCUT2D eigenvalue weighted by atomic mass is 32.2. The number of aromatic nitrogens is 3. The van der Waals surface area contributed by atoms with Gasteiger partial charge in [-0.3, -0.25) is 0 Å². The molecule has 3 aromatic rings. The minimum absolute atomic E-state index is 0.304. The summed E-state index contributed by atoms with van der Waals surface area (Å²) >= 11 is 1.16. The van der Waals surface area contributed by atoms with Crippen LogP contribution in [0.3, 0.4) is 0 Å². The summed E-state index contributed by atoms with van der Waals surface area (Å²) in [7, 11) is 0. The lowest BCUT2D eigenvalue weighted by Crippen LogP contribution is -1.88. The van der Waals surface area contributed by atoms with E-state index < -0.39 is 0 Å². The molecule has 0 spiro atoms. The first-order chi connectivity index (χ1) is 9.24. The topological polar surface area (TPSA) is 102 Å². The van der Waals surface area contributed by atoms with Crippen molar-refractivity contribution in [3.8, 4) is 6.07 Å². The number of nitrogens with two attached hydrogens (primary N) is 1. The van der Waals surface area contributed by atoms with Crippen LogP contribution in [0.15, 0.2) is 45.3 Å². The van der Waals surface area contributed by atoms with Crippen molar-refractivity contribution in [1.29, 1.82) is 5.26 Å². The first kappa shape index (κ1) is 11.5. The van der Waals surface area contributed by atoms with E-state index in [1.165, 1.54) is 12.3 Å². The van der Waals surface area contributed by atoms with Crippen LogP contribution < -0.4 is 5.73 Å². The summed E-state index contributed by atoms with van der Waals surface area (Å²) in [6.45, 7) is 0. The van der Waals surface area contributed by atoms with Crippen molar-refractivity contribution >= 4 is 28.5 Å². The SMILES string of the molecule is N#Cc1ccnc(Sc2nc3ccc(N)cc3o2)n1. The molecule has 0 bridgehead atoms. The number of rotatable bonds is 2. The average Bonchev–Trinajstić information content (AvgIpc) is 2.80. The fourth-order valence-electron chi connectivity index (χ4n) is 1.49. The molecule has 19 heavy (non-hydrogen) atoms. The highest BCUT2D eigenvalue weighted by molar-refractivity contribution is 7.98. The fourth-order valence-corrected chi connectivity index (χ4v) is 2.18. The minimum atomic E-state index is 0.304. The molecule has 1 aromatic carbocycles. The number of nitrogens with zero attached hydrogens (tertiary/aromatic N) is 4. The van der Waals surface area contributed by atoms with Crippen molar-refractivity contribution in [2.24, 2.45) is 0 Å². The molecule has 0 saturated heterocycles. The smallest absolute Gasteiger partial charge is 0.264 e. The number of hydrogen-bond donors (Lipinski definition) is 1. The Bertz CT molecular complexity index is 792. The first-order valence-electron chi connectivity index (χ1n) is 5.32. The highest BCUT2D eigenvalue weighted by Gasteiger charge is 2.10. The Hall–Kier alpha value is -2.59. The second kappa shape index (κ2) is 4.59. The third-order valence-corrected chi connectivity index (χ3v) is 3.05. The Labute approximate surface area is 112 Å². The number of benzene rings is 1. The summed E-state index contributed by atoms with van der Waals surface area (Å²) < 4.78 is 5.54. The largest absolute Gasteiger partial charge is 0.431 e. The van der Waals surface area contributed by atoms with Gasteiger partial charge in [0.2, 0.25) is 0 Å². The van der Waals surface area contributed by atoms with Crippen LogP contribution >= 0.6 is 11.8 Å². The van der Waals surface area contributed by atoms with E-state index in [0.29, 0.717) is 32.9 Å². The first-order valence-corrected chi connectivity index (χ1v) is 6.13. The monoisotopic (exact) mass is 269 g/mol. The van der Waals surface area contributed by atoms with Gasteiger partial charge in [0.1, 0.15) is 17.3 Å². The molecule has 2 aromatic heterocycles. The quantitative estimate of drug-likeness (QED) is 0.562. The molecule has 0 radical (unpaired) electrons. The van der Waals surface area contributed by atoms with Crippen molar-refractivity contribution in [2.45, 2.75) is 10.4 Å². The van der Waals surface area contributed by atoms with Crippen LogP contribution in [0.4, 0.5) is 5.69 Å². The molecule has 0 atom stereocenters. The van der Waals surface area contributed by atoms with Crippen molar-refractivity contribution in [3.05, 3.63) is 36.2 Å². The molecule has 0 aliphatic carbocycles. The number of anilines is 1. The maximum absolute atomic E-state index is 8.77. The summed E-state index contributed by atoms with van der Waals surface area (Å²) in [4.78, 5) is 12.4. The van der Waals surface area contributed by atoms with E-state index in [1.807, 2.05) is 6.07 Å². The normalized spacial score (nSPS) is 10.5. The van der Waals surface area contributed by atoms with Gasteiger partial charge in [0.15, 0.2) is 10.7 Å². The molecule has 0 aliphatic rings. The second-order valence-corrected chi connectivity index (χ2v) is 4.56. The summed E-state index contributed by atoms with van der Waals surface area (Å²) in [5.41, 5.74) is 7.91. The van der Waals surface area contributed by atoms with Gasteiger partial charge in [-0.2, -0.15) is 5.26 Å². The molecule has 3 rings (SSSR count). The lowest BCUT2D eigenvalue weighted by molar-refractivity contribution is 0.489. The Morgan fingerprint density at radius 1 is 1.26 bits per heavy atom. The molecule has 0 amide bonds. The summed E-state index contributed by atoms with van der Waals surface area (Å²) in [6, 6.07) is 8.74. The fraction of sp³-hybridized carbons (Fsp3) is 0. The molecule has 7 heteroatoms. The summed E-state index contributed by atoms with van der Waals surface area (Å²) in [5.74, 6) is 0. The molecule has 2 N–H and O–H groups in total. The average molecular weight is 269 g/mol. The van der Waals surface area contributed by atoms with E-state index in [1.54, 1.807) is 18.2 Å². The Balaban J connectivity index is 1.94. The molecular formula is C12H7N5OS. The molecular weight excluding hydrogens is 262 g/mol. The lowest BCUT2D eigenvalue weighted by Gasteiger charge is -1.94. The maximum Gasteiger partial charge on any atom is 0.264 e. The molecule has 0 aliphatic heterocycles. The van der Waals surface area contributed by atoms with Gasteiger partial charge in [-0.25, -0.2) is 15.0 Å². The number of oxazole rings is 1. The van der Waals surface area contributed by atoms with Gasteiger partial charge in [-0.05, 0) is 18.2 Å². The van der Waals surface area contributed by atoms with Gasteiger partial charge in [0.05, 0.1) is 0 Å². The van der Waals surface area contributed by atoms with Crippen LogP contribution in [0.1, 0.15) is 5.69 Å². The summed E-state index contributed by atoms with van der Waals surface area (Å²) in [5, 5.41) is 9.60. The Morgan fingerprint density at radius 3 is 3.00 bits per heavy atom. The Kier molecular flexibility index (Phi) is 2.78. The minimum Gasteiger partial charge on any atom is -0.431 e. The van der Waals surface area contributed by atoms with Crippen LogP contribution in [0.2, 0.25) is 0 Å². The number of fused-ring (bicyclic) bond motifs is 1. The standard InChI is InChI=1S/C12H7N5OS/c13-6-8-3-4-15-11(16-8)19-12-17-9-2-1-7(14)5-10(9)18-12/h1-5H,14H2.